The molecule has 0 radical (unpaired) electrons. The Hall–Kier alpha value is -1.72. The molecule has 2 fully saturated rings. The molecule has 128 valence electrons. The minimum absolute atomic E-state index is 0.138. The molecule has 0 bridgehead atoms. The zero-order valence-electron chi connectivity index (χ0n) is 14.0. The van der Waals surface area contributed by atoms with Crippen molar-refractivity contribution in [2.75, 3.05) is 26.2 Å². The van der Waals surface area contributed by atoms with Crippen LogP contribution in [-0.4, -0.2) is 48.9 Å². The fraction of sp³-hybridized carbons (Fsp3) is 0.579. The van der Waals surface area contributed by atoms with Gasteiger partial charge in [0, 0.05) is 38.6 Å². The molecule has 2 amide bonds. The third-order valence-electron chi connectivity index (χ3n) is 5.74. The average Bonchev–Trinajstić information content (AvgIpc) is 2.61. The van der Waals surface area contributed by atoms with Gasteiger partial charge in [0.2, 0.25) is 11.8 Å². The molecule has 0 aromatic heterocycles. The standard InChI is InChI=1S/C19H25N3O2/c23-18-6-5-17(19(24)21-18)14-2-1-13-3-4-16(12-15(13)11-14)22-9-7-20-8-10-22/h1-2,11,16-17,20H,3-10,12H2,(H,21,23,24)/t16-,17?/m1/s1. The number of nitrogens with one attached hydrogen (secondary N) is 2. The first kappa shape index (κ1) is 15.8. The number of amides is 2. The molecule has 2 heterocycles. The average molecular weight is 327 g/mol. The molecule has 3 aliphatic rings. The maximum atomic E-state index is 12.1. The molecule has 1 aromatic carbocycles. The predicted octanol–water partition coefficient (Wildman–Crippen LogP) is 0.969. The number of hydrogen-bond donors (Lipinski definition) is 2. The maximum Gasteiger partial charge on any atom is 0.234 e. The van der Waals surface area contributed by atoms with E-state index in [2.05, 4.69) is 33.7 Å². The topological polar surface area (TPSA) is 61.4 Å². The minimum Gasteiger partial charge on any atom is -0.314 e. The normalized spacial score (nSPS) is 28.3. The summed E-state index contributed by atoms with van der Waals surface area (Å²) in [5, 5.41) is 5.90. The van der Waals surface area contributed by atoms with Gasteiger partial charge >= 0.3 is 0 Å². The van der Waals surface area contributed by atoms with Gasteiger partial charge in [0.1, 0.15) is 0 Å². The van der Waals surface area contributed by atoms with E-state index in [0.717, 1.165) is 44.6 Å². The summed E-state index contributed by atoms with van der Waals surface area (Å²) >= 11 is 0. The summed E-state index contributed by atoms with van der Waals surface area (Å²) in [6.45, 7) is 4.43. The largest absolute Gasteiger partial charge is 0.314 e. The van der Waals surface area contributed by atoms with E-state index in [9.17, 15) is 9.59 Å². The number of aryl methyl sites for hydroxylation is 1. The molecule has 0 spiro atoms. The second-order valence-corrected chi connectivity index (χ2v) is 7.21. The number of carbonyl (C=O) groups excluding carboxylic acids is 2. The van der Waals surface area contributed by atoms with Gasteiger partial charge in [-0.3, -0.25) is 19.8 Å². The fourth-order valence-corrected chi connectivity index (χ4v) is 4.35. The Bertz CT molecular complexity index is 652. The molecule has 2 atom stereocenters. The van der Waals surface area contributed by atoms with Crippen molar-refractivity contribution in [2.45, 2.75) is 44.1 Å². The van der Waals surface area contributed by atoms with Crippen LogP contribution in [0.15, 0.2) is 18.2 Å². The van der Waals surface area contributed by atoms with Gasteiger partial charge in [-0.15, -0.1) is 0 Å². The second kappa shape index (κ2) is 6.65. The Morgan fingerprint density at radius 1 is 1.00 bits per heavy atom. The Morgan fingerprint density at radius 2 is 1.83 bits per heavy atom. The summed E-state index contributed by atoms with van der Waals surface area (Å²) in [6.07, 6.45) is 4.50. The highest BCUT2D eigenvalue weighted by molar-refractivity contribution is 6.00. The number of hydrogen-bond acceptors (Lipinski definition) is 4. The highest BCUT2D eigenvalue weighted by Gasteiger charge is 2.30. The molecule has 2 aliphatic heterocycles. The van der Waals surface area contributed by atoms with Crippen molar-refractivity contribution in [3.8, 4) is 0 Å². The van der Waals surface area contributed by atoms with E-state index >= 15 is 0 Å². The first-order valence-corrected chi connectivity index (χ1v) is 9.11. The molecule has 5 heteroatoms. The number of imide groups is 1. The number of rotatable bonds is 2. The monoisotopic (exact) mass is 327 g/mol. The van der Waals surface area contributed by atoms with Crippen LogP contribution in [0.3, 0.4) is 0 Å². The van der Waals surface area contributed by atoms with Gasteiger partial charge in [-0.05, 0) is 42.4 Å². The van der Waals surface area contributed by atoms with Gasteiger partial charge in [0.15, 0.2) is 0 Å². The molecule has 2 N–H and O–H groups in total. The first-order chi connectivity index (χ1) is 11.7. The third kappa shape index (κ3) is 3.10. The molecule has 1 unspecified atom stereocenters. The highest BCUT2D eigenvalue weighted by Crippen LogP contribution is 2.31. The number of carbonyl (C=O) groups is 2. The highest BCUT2D eigenvalue weighted by atomic mass is 16.2. The van der Waals surface area contributed by atoms with Gasteiger partial charge in [-0.2, -0.15) is 0 Å². The zero-order valence-corrected chi connectivity index (χ0v) is 14.0. The summed E-state index contributed by atoms with van der Waals surface area (Å²) in [5.74, 6) is -0.457. The number of benzene rings is 1. The summed E-state index contributed by atoms with van der Waals surface area (Å²) in [5.41, 5.74) is 3.89. The molecule has 2 saturated heterocycles. The summed E-state index contributed by atoms with van der Waals surface area (Å²) < 4.78 is 0. The van der Waals surface area contributed by atoms with E-state index in [1.165, 1.54) is 17.5 Å². The first-order valence-electron chi connectivity index (χ1n) is 9.11. The van der Waals surface area contributed by atoms with Crippen molar-refractivity contribution in [2.24, 2.45) is 0 Å². The van der Waals surface area contributed by atoms with Gasteiger partial charge in [0.25, 0.3) is 0 Å². The molecule has 1 aliphatic carbocycles. The predicted molar refractivity (Wildman–Crippen MR) is 91.8 cm³/mol. The van der Waals surface area contributed by atoms with E-state index in [-0.39, 0.29) is 17.7 Å². The number of nitrogens with zero attached hydrogens (tertiary/aromatic N) is 1. The van der Waals surface area contributed by atoms with Gasteiger partial charge < -0.3 is 5.32 Å². The Kier molecular flexibility index (Phi) is 4.37. The smallest absolute Gasteiger partial charge is 0.234 e. The summed E-state index contributed by atoms with van der Waals surface area (Å²) in [6, 6.07) is 7.13. The van der Waals surface area contributed by atoms with Crippen molar-refractivity contribution in [1.29, 1.82) is 0 Å². The van der Waals surface area contributed by atoms with Gasteiger partial charge in [-0.1, -0.05) is 18.2 Å². The lowest BCUT2D eigenvalue weighted by molar-refractivity contribution is -0.134. The van der Waals surface area contributed by atoms with Crippen LogP contribution in [0.1, 0.15) is 41.9 Å². The molecular formula is C19H25N3O2. The van der Waals surface area contributed by atoms with Gasteiger partial charge in [0.05, 0.1) is 5.92 Å². The van der Waals surface area contributed by atoms with E-state index in [1.54, 1.807) is 0 Å². The molecule has 4 rings (SSSR count). The summed E-state index contributed by atoms with van der Waals surface area (Å²) in [7, 11) is 0. The van der Waals surface area contributed by atoms with Crippen LogP contribution in [0.5, 0.6) is 0 Å². The molecule has 0 saturated carbocycles. The lowest BCUT2D eigenvalue weighted by Gasteiger charge is -2.38. The summed E-state index contributed by atoms with van der Waals surface area (Å²) in [4.78, 5) is 26.1. The third-order valence-corrected chi connectivity index (χ3v) is 5.74. The fourth-order valence-electron chi connectivity index (χ4n) is 4.35. The minimum atomic E-state index is -0.174. The quantitative estimate of drug-likeness (QED) is 0.795. The Morgan fingerprint density at radius 3 is 2.62 bits per heavy atom. The van der Waals surface area contributed by atoms with E-state index < -0.39 is 0 Å². The second-order valence-electron chi connectivity index (χ2n) is 7.21. The van der Waals surface area contributed by atoms with Crippen LogP contribution in [0, 0.1) is 0 Å². The van der Waals surface area contributed by atoms with Crippen LogP contribution in [0.4, 0.5) is 0 Å². The van der Waals surface area contributed by atoms with Crippen LogP contribution in [0.25, 0.3) is 0 Å². The Labute approximate surface area is 142 Å². The van der Waals surface area contributed by atoms with Crippen molar-refractivity contribution in [1.82, 2.24) is 15.5 Å². The van der Waals surface area contributed by atoms with Crippen LogP contribution in [0.2, 0.25) is 0 Å². The van der Waals surface area contributed by atoms with Crippen LogP contribution < -0.4 is 10.6 Å². The molecule has 1 aromatic rings. The number of fused-ring (bicyclic) bond motifs is 1. The lowest BCUT2D eigenvalue weighted by Crippen LogP contribution is -2.50. The number of piperidine rings is 1. The van der Waals surface area contributed by atoms with Crippen molar-refractivity contribution in [3.63, 3.8) is 0 Å². The molecule has 24 heavy (non-hydrogen) atoms. The molecular weight excluding hydrogens is 302 g/mol. The van der Waals surface area contributed by atoms with Gasteiger partial charge in [-0.25, -0.2) is 0 Å². The maximum absolute atomic E-state index is 12.1. The zero-order chi connectivity index (χ0) is 16.5. The van der Waals surface area contributed by atoms with E-state index in [1.807, 2.05) is 0 Å². The van der Waals surface area contributed by atoms with Crippen molar-refractivity contribution < 1.29 is 9.59 Å². The van der Waals surface area contributed by atoms with Crippen molar-refractivity contribution >= 4 is 11.8 Å². The Balaban J connectivity index is 1.52. The SMILES string of the molecule is O=C1CCC(c2ccc3c(c2)C[C@H](N2CCNCC2)CC3)C(=O)N1. The molecule has 5 nitrogen and oxygen atoms in total. The van der Waals surface area contributed by atoms with Crippen LogP contribution >= 0.6 is 0 Å². The van der Waals surface area contributed by atoms with E-state index in [0.29, 0.717) is 18.9 Å². The number of piperazine rings is 1. The van der Waals surface area contributed by atoms with E-state index in [4.69, 9.17) is 0 Å². The lowest BCUT2D eigenvalue weighted by atomic mass is 9.83. The van der Waals surface area contributed by atoms with Crippen LogP contribution in [-0.2, 0) is 22.4 Å². The van der Waals surface area contributed by atoms with Crippen molar-refractivity contribution in [3.05, 3.63) is 34.9 Å².